The molecule has 0 aromatic carbocycles. The largest absolute Gasteiger partial charge is 0.513 e. The van der Waals surface area contributed by atoms with Crippen molar-refractivity contribution < 1.29 is 19.8 Å². The van der Waals surface area contributed by atoms with E-state index < -0.39 is 0 Å². The topological polar surface area (TPSA) is 74.6 Å². The second kappa shape index (κ2) is 17.8. The first kappa shape index (κ1) is 45.9. The number of hydrogen-bond donors (Lipinski definition) is 2. The summed E-state index contributed by atoms with van der Waals surface area (Å²) in [6, 6.07) is 0. The first-order valence-corrected chi connectivity index (χ1v) is 25.6. The van der Waals surface area contributed by atoms with Crippen molar-refractivity contribution in [3.05, 3.63) is 48.0 Å². The molecule has 16 atom stereocenters. The number of aliphatic hydroxyl groups excluding tert-OH is 2. The van der Waals surface area contributed by atoms with Gasteiger partial charge in [0.2, 0.25) is 0 Å². The van der Waals surface area contributed by atoms with E-state index in [2.05, 4.69) is 68.5 Å². The van der Waals surface area contributed by atoms with Crippen molar-refractivity contribution in [3.63, 3.8) is 0 Å². The van der Waals surface area contributed by atoms with E-state index in [1.807, 2.05) is 12.2 Å². The average molecular weight is 825 g/mol. The van der Waals surface area contributed by atoms with E-state index >= 15 is 0 Å². The van der Waals surface area contributed by atoms with Crippen LogP contribution < -0.4 is 0 Å². The van der Waals surface area contributed by atoms with Crippen LogP contribution in [0.1, 0.15) is 197 Å². The van der Waals surface area contributed by atoms with Gasteiger partial charge in [-0.2, -0.15) is 0 Å². The molecular weight excluding hydrogens is 737 g/mol. The highest BCUT2D eigenvalue weighted by Gasteiger charge is 2.61. The van der Waals surface area contributed by atoms with Gasteiger partial charge in [0.25, 0.3) is 0 Å². The van der Waals surface area contributed by atoms with E-state index in [1.165, 1.54) is 114 Å². The third-order valence-corrected chi connectivity index (χ3v) is 21.2. The number of rotatable bonds is 12. The summed E-state index contributed by atoms with van der Waals surface area (Å²) in [5, 5.41) is 19.2. The van der Waals surface area contributed by atoms with Crippen LogP contribution in [0, 0.1) is 92.7 Å². The predicted molar refractivity (Wildman–Crippen MR) is 248 cm³/mol. The zero-order chi connectivity index (χ0) is 43.4. The Morgan fingerprint density at radius 3 is 1.30 bits per heavy atom. The molecule has 0 heterocycles. The van der Waals surface area contributed by atoms with Crippen LogP contribution in [0.25, 0.3) is 0 Å². The van der Waals surface area contributed by atoms with E-state index in [-0.39, 0.29) is 11.8 Å². The molecular formula is C56H88O4. The standard InChI is InChI=1S/2C28H44O2/c2*1-18(20(3)29)7-6-8-19(2)24-11-12-25-23-10-9-21-17-22(30)13-15-27(21,4)26(23)14-16-28(24,25)5/h2*17-19,23-26,29H,3,6-16H2,1-2,4-5H3/t18-,19?,23?,24+,25?,26?,27-,28+;18-,19?,23?,24-,25?,26?,27+,28-/m01/s1. The zero-order valence-electron chi connectivity index (χ0n) is 39.8. The van der Waals surface area contributed by atoms with Gasteiger partial charge in [-0.05, 0) is 196 Å². The van der Waals surface area contributed by atoms with Gasteiger partial charge in [-0.15, -0.1) is 0 Å². The van der Waals surface area contributed by atoms with Gasteiger partial charge >= 0.3 is 0 Å². The molecule has 0 amide bonds. The van der Waals surface area contributed by atoms with E-state index in [0.717, 1.165) is 97.7 Å². The second-order valence-electron chi connectivity index (χ2n) is 24.0. The molecule has 0 radical (unpaired) electrons. The monoisotopic (exact) mass is 825 g/mol. The van der Waals surface area contributed by atoms with E-state index in [1.54, 1.807) is 0 Å². The Morgan fingerprint density at radius 2 is 0.933 bits per heavy atom. The minimum absolute atomic E-state index is 0.229. The maximum absolute atomic E-state index is 12.0. The number of ketones is 2. The highest BCUT2D eigenvalue weighted by atomic mass is 16.3. The molecule has 60 heavy (non-hydrogen) atoms. The minimum Gasteiger partial charge on any atom is -0.513 e. The van der Waals surface area contributed by atoms with Crippen LogP contribution >= 0.6 is 0 Å². The fraction of sp³-hybridized carbons (Fsp3) is 0.821. The number of carbonyl (C=O) groups is 2. The fourth-order valence-electron chi connectivity index (χ4n) is 17.3. The lowest BCUT2D eigenvalue weighted by Crippen LogP contribution is -2.50. The maximum Gasteiger partial charge on any atom is 0.155 e. The highest BCUT2D eigenvalue weighted by molar-refractivity contribution is 5.92. The SMILES string of the molecule is C=C(O)[C@@H](C)CCCC(C)[C@H]1CCC2C3CCC4=CC(=O)CC[C@]4(C)C3CC[C@@]21C.C=C(O)[C@H](C)CCCC(C)[C@H]1CCC2C3CCC4=CC(=O)CC[C@]4(C)C3CC[C@@]21C. The minimum atomic E-state index is 0.229. The van der Waals surface area contributed by atoms with Crippen molar-refractivity contribution in [1.82, 2.24) is 0 Å². The van der Waals surface area contributed by atoms with Crippen molar-refractivity contribution in [1.29, 1.82) is 0 Å². The van der Waals surface area contributed by atoms with Crippen molar-refractivity contribution >= 4 is 11.6 Å². The molecule has 0 saturated heterocycles. The summed E-state index contributed by atoms with van der Waals surface area (Å²) < 4.78 is 0. The van der Waals surface area contributed by atoms with Crippen LogP contribution in [0.3, 0.4) is 0 Å². The molecule has 0 bridgehead atoms. The molecule has 6 saturated carbocycles. The highest BCUT2D eigenvalue weighted by Crippen LogP contribution is 2.69. The summed E-state index contributed by atoms with van der Waals surface area (Å²) in [6.45, 7) is 26.9. The van der Waals surface area contributed by atoms with Crippen LogP contribution in [-0.2, 0) is 9.59 Å². The lowest BCUT2D eigenvalue weighted by molar-refractivity contribution is -0.118. The van der Waals surface area contributed by atoms with Gasteiger partial charge in [-0.25, -0.2) is 0 Å². The number of allylic oxidation sites excluding steroid dienone is 4. The van der Waals surface area contributed by atoms with Gasteiger partial charge in [0, 0.05) is 24.7 Å². The first-order valence-electron chi connectivity index (χ1n) is 25.6. The van der Waals surface area contributed by atoms with Gasteiger partial charge in [0.1, 0.15) is 0 Å². The smallest absolute Gasteiger partial charge is 0.155 e. The first-order chi connectivity index (χ1) is 28.3. The van der Waals surface area contributed by atoms with Gasteiger partial charge in [0.15, 0.2) is 11.6 Å². The van der Waals surface area contributed by atoms with Gasteiger partial charge in [-0.1, -0.05) is 105 Å². The summed E-state index contributed by atoms with van der Waals surface area (Å²) in [5.41, 5.74) is 4.59. The Kier molecular flexibility index (Phi) is 13.6. The van der Waals surface area contributed by atoms with Crippen LogP contribution in [0.5, 0.6) is 0 Å². The summed E-state index contributed by atoms with van der Waals surface area (Å²) >= 11 is 0. The Morgan fingerprint density at radius 1 is 0.550 bits per heavy atom. The molecule has 8 unspecified atom stereocenters. The normalized spacial score (nSPS) is 42.5. The lowest BCUT2D eigenvalue weighted by atomic mass is 9.46. The Hall–Kier alpha value is -2.10. The zero-order valence-corrected chi connectivity index (χ0v) is 39.8. The number of carbonyl (C=O) groups excluding carboxylic acids is 2. The Balaban J connectivity index is 0.000000181. The number of hydrogen-bond acceptors (Lipinski definition) is 4. The van der Waals surface area contributed by atoms with Crippen LogP contribution in [0.4, 0.5) is 0 Å². The molecule has 0 aromatic heterocycles. The second-order valence-corrected chi connectivity index (χ2v) is 24.0. The third kappa shape index (κ3) is 8.37. The summed E-state index contributed by atoms with van der Waals surface area (Å²) in [4.78, 5) is 24.1. The molecule has 6 fully saturated rings. The van der Waals surface area contributed by atoms with E-state index in [0.29, 0.717) is 44.7 Å². The third-order valence-electron chi connectivity index (χ3n) is 21.2. The average Bonchev–Trinajstić information content (AvgIpc) is 3.75. The summed E-state index contributed by atoms with van der Waals surface area (Å²) in [5.74, 6) is 10.3. The molecule has 8 aliphatic rings. The Bertz CT molecular complexity index is 1560. The Labute approximate surface area is 367 Å². The summed E-state index contributed by atoms with van der Waals surface area (Å²) in [7, 11) is 0. The van der Waals surface area contributed by atoms with Crippen LogP contribution in [-0.4, -0.2) is 21.8 Å². The van der Waals surface area contributed by atoms with Crippen LogP contribution in [0.2, 0.25) is 0 Å². The van der Waals surface area contributed by atoms with Crippen LogP contribution in [0.15, 0.2) is 48.0 Å². The molecule has 4 heteroatoms. The molecule has 4 nitrogen and oxygen atoms in total. The van der Waals surface area contributed by atoms with Crippen molar-refractivity contribution in [3.8, 4) is 0 Å². The van der Waals surface area contributed by atoms with Gasteiger partial charge in [0.05, 0.1) is 11.5 Å². The lowest BCUT2D eigenvalue weighted by Gasteiger charge is -2.58. The van der Waals surface area contributed by atoms with E-state index in [4.69, 9.17) is 0 Å². The van der Waals surface area contributed by atoms with Gasteiger partial charge in [-0.3, -0.25) is 9.59 Å². The van der Waals surface area contributed by atoms with E-state index in [9.17, 15) is 19.8 Å². The fourth-order valence-corrected chi connectivity index (χ4v) is 17.3. The van der Waals surface area contributed by atoms with Gasteiger partial charge < -0.3 is 10.2 Å². The van der Waals surface area contributed by atoms with Crippen molar-refractivity contribution in [2.45, 2.75) is 197 Å². The number of aliphatic hydroxyl groups is 2. The molecule has 0 spiro atoms. The molecule has 2 N–H and O–H groups in total. The molecule has 8 rings (SSSR count). The maximum atomic E-state index is 12.0. The van der Waals surface area contributed by atoms with Crippen molar-refractivity contribution in [2.75, 3.05) is 0 Å². The molecule has 0 aromatic rings. The summed E-state index contributed by atoms with van der Waals surface area (Å²) in [6.07, 6.45) is 31.0. The molecule has 336 valence electrons. The molecule has 0 aliphatic heterocycles. The predicted octanol–water partition coefficient (Wildman–Crippen LogP) is 15.3. The molecule has 8 aliphatic carbocycles. The van der Waals surface area contributed by atoms with Crippen molar-refractivity contribution in [2.24, 2.45) is 92.7 Å². The number of fused-ring (bicyclic) bond motifs is 10. The quantitative estimate of drug-likeness (QED) is 0.192.